The molecule has 0 aliphatic rings. The van der Waals surface area contributed by atoms with Gasteiger partial charge in [-0.15, -0.1) is 0 Å². The molecule has 0 saturated heterocycles. The Morgan fingerprint density at radius 1 is 0.926 bits per heavy atom. The van der Waals surface area contributed by atoms with Crippen LogP contribution in [0.3, 0.4) is 0 Å². The number of aryl methyl sites for hydroxylation is 3. The number of hydrogen-bond donors (Lipinski definition) is 0. The number of benzene rings is 3. The molecule has 4 rings (SSSR count). The third-order valence-corrected chi connectivity index (χ3v) is 4.94. The summed E-state index contributed by atoms with van der Waals surface area (Å²) in [7, 11) is 0. The van der Waals surface area contributed by atoms with Gasteiger partial charge < -0.3 is 0 Å². The summed E-state index contributed by atoms with van der Waals surface area (Å²) >= 11 is 0. The van der Waals surface area contributed by atoms with Crippen molar-refractivity contribution in [2.75, 3.05) is 0 Å². The van der Waals surface area contributed by atoms with Crippen molar-refractivity contribution in [1.82, 2.24) is 9.78 Å². The first-order valence-electron chi connectivity index (χ1n) is 9.02. The average Bonchev–Trinajstić information content (AvgIpc) is 3.02. The third-order valence-electron chi connectivity index (χ3n) is 4.94. The van der Waals surface area contributed by atoms with E-state index in [1.807, 2.05) is 51.1 Å². The monoisotopic (exact) mass is 362 g/mol. The second-order valence-electron chi connectivity index (χ2n) is 6.87. The zero-order valence-electron chi connectivity index (χ0n) is 15.6. The minimum atomic E-state index is -0.320. The minimum absolute atomic E-state index is 0.249. The Labute approximate surface area is 157 Å². The molecule has 0 saturated carbocycles. The number of halogens is 2. The van der Waals surface area contributed by atoms with Crippen molar-refractivity contribution in [3.8, 4) is 16.9 Å². The average molecular weight is 362 g/mol. The first-order valence-corrected chi connectivity index (χ1v) is 9.02. The lowest BCUT2D eigenvalue weighted by atomic mass is 10.1. The maximum atomic E-state index is 14.5. The minimum Gasteiger partial charge on any atom is -0.232 e. The van der Waals surface area contributed by atoms with Crippen LogP contribution in [0.1, 0.15) is 23.6 Å². The zero-order chi connectivity index (χ0) is 19.1. The normalized spacial score (nSPS) is 11.3. The predicted octanol–water partition coefficient (Wildman–Crippen LogP) is 6.15. The zero-order valence-corrected chi connectivity index (χ0v) is 15.6. The van der Waals surface area contributed by atoms with E-state index >= 15 is 0 Å². The molecular weight excluding hydrogens is 342 g/mol. The highest BCUT2D eigenvalue weighted by atomic mass is 19.1. The van der Waals surface area contributed by atoms with Gasteiger partial charge in [-0.2, -0.15) is 5.10 Å². The molecule has 0 fully saturated rings. The van der Waals surface area contributed by atoms with E-state index < -0.39 is 0 Å². The van der Waals surface area contributed by atoms with Crippen molar-refractivity contribution < 1.29 is 8.78 Å². The fraction of sp³-hybridized carbons (Fsp3) is 0.174. The lowest BCUT2D eigenvalue weighted by Crippen LogP contribution is -2.02. The van der Waals surface area contributed by atoms with Crippen LogP contribution in [0.25, 0.3) is 27.8 Å². The van der Waals surface area contributed by atoms with Gasteiger partial charge in [-0.1, -0.05) is 42.8 Å². The Morgan fingerprint density at radius 2 is 1.67 bits per heavy atom. The molecule has 4 aromatic rings. The molecule has 0 spiro atoms. The summed E-state index contributed by atoms with van der Waals surface area (Å²) in [4.78, 5) is 0. The number of fused-ring (bicyclic) bond motifs is 1. The van der Waals surface area contributed by atoms with Crippen LogP contribution in [0.15, 0.2) is 54.6 Å². The van der Waals surface area contributed by atoms with E-state index in [-0.39, 0.29) is 11.6 Å². The first-order chi connectivity index (χ1) is 13.0. The van der Waals surface area contributed by atoms with Crippen LogP contribution in [0, 0.1) is 25.5 Å². The molecule has 0 aliphatic heterocycles. The second kappa shape index (κ2) is 6.62. The maximum Gasteiger partial charge on any atom is 0.128 e. The highest BCUT2D eigenvalue weighted by Gasteiger charge is 2.17. The molecule has 0 amide bonds. The molecule has 27 heavy (non-hydrogen) atoms. The molecule has 0 N–H and O–H groups in total. The van der Waals surface area contributed by atoms with E-state index in [4.69, 9.17) is 5.10 Å². The fourth-order valence-electron chi connectivity index (χ4n) is 3.43. The molecule has 2 nitrogen and oxygen atoms in total. The van der Waals surface area contributed by atoms with E-state index in [1.165, 1.54) is 18.2 Å². The molecule has 136 valence electrons. The van der Waals surface area contributed by atoms with Gasteiger partial charge in [-0.3, -0.25) is 0 Å². The van der Waals surface area contributed by atoms with E-state index in [1.54, 1.807) is 10.7 Å². The summed E-state index contributed by atoms with van der Waals surface area (Å²) in [6.07, 6.45) is 0.632. The highest BCUT2D eigenvalue weighted by molar-refractivity contribution is 5.94. The molecule has 3 aromatic carbocycles. The van der Waals surface area contributed by atoms with E-state index in [2.05, 4.69) is 0 Å². The summed E-state index contributed by atoms with van der Waals surface area (Å²) in [5.41, 5.74) is 5.75. The molecule has 0 radical (unpaired) electrons. The molecular formula is C23H20F2N2. The van der Waals surface area contributed by atoms with Crippen molar-refractivity contribution in [2.45, 2.75) is 27.2 Å². The SMILES string of the molecule is CCc1cc(C)c(-n2nc(-c3ccc(C)cc3)c3cc(F)ccc32)cc1F. The van der Waals surface area contributed by atoms with Gasteiger partial charge in [0.05, 0.1) is 11.2 Å². The number of aromatic nitrogens is 2. The highest BCUT2D eigenvalue weighted by Crippen LogP contribution is 2.32. The van der Waals surface area contributed by atoms with Crippen LogP contribution < -0.4 is 0 Å². The Balaban J connectivity index is 2.00. The van der Waals surface area contributed by atoms with Gasteiger partial charge in [-0.25, -0.2) is 13.5 Å². The Morgan fingerprint density at radius 3 is 2.37 bits per heavy atom. The van der Waals surface area contributed by atoms with E-state index in [9.17, 15) is 8.78 Å². The Hall–Kier alpha value is -3.01. The van der Waals surface area contributed by atoms with Crippen molar-refractivity contribution in [1.29, 1.82) is 0 Å². The third kappa shape index (κ3) is 3.01. The maximum absolute atomic E-state index is 14.5. The molecule has 0 bridgehead atoms. The van der Waals surface area contributed by atoms with Gasteiger partial charge in [-0.05, 0) is 49.6 Å². The van der Waals surface area contributed by atoms with Crippen LogP contribution in [0.5, 0.6) is 0 Å². The molecule has 4 heteroatoms. The van der Waals surface area contributed by atoms with Gasteiger partial charge in [0, 0.05) is 17.0 Å². The van der Waals surface area contributed by atoms with Crippen molar-refractivity contribution >= 4 is 10.9 Å². The fourth-order valence-corrected chi connectivity index (χ4v) is 3.43. The topological polar surface area (TPSA) is 17.8 Å². The number of nitrogens with zero attached hydrogens (tertiary/aromatic N) is 2. The molecule has 0 unspecified atom stereocenters. The van der Waals surface area contributed by atoms with E-state index in [0.717, 1.165) is 22.2 Å². The molecule has 0 aliphatic carbocycles. The van der Waals surface area contributed by atoms with Crippen molar-refractivity contribution in [3.05, 3.63) is 82.9 Å². The quantitative estimate of drug-likeness (QED) is 0.427. The standard InChI is InChI=1S/C23H20F2N2/c1-4-16-11-15(3)22(13-20(16)25)27-21-10-9-18(24)12-19(21)23(26-27)17-7-5-14(2)6-8-17/h5-13H,4H2,1-3H3. The van der Waals surface area contributed by atoms with Crippen molar-refractivity contribution in [3.63, 3.8) is 0 Å². The van der Waals surface area contributed by atoms with Crippen molar-refractivity contribution in [2.24, 2.45) is 0 Å². The summed E-state index contributed by atoms with van der Waals surface area (Å²) in [5, 5.41) is 5.45. The van der Waals surface area contributed by atoms with Crippen LogP contribution in [-0.2, 0) is 6.42 Å². The van der Waals surface area contributed by atoms with Gasteiger partial charge in [0.1, 0.15) is 17.3 Å². The molecule has 1 heterocycles. The molecule has 0 atom stereocenters. The van der Waals surface area contributed by atoms with Gasteiger partial charge in [0.2, 0.25) is 0 Å². The molecule has 1 aromatic heterocycles. The summed E-state index contributed by atoms with van der Waals surface area (Å²) in [5.74, 6) is -0.569. The van der Waals surface area contributed by atoms with Crippen LogP contribution >= 0.6 is 0 Å². The summed E-state index contributed by atoms with van der Waals surface area (Å²) < 4.78 is 30.1. The van der Waals surface area contributed by atoms with Gasteiger partial charge in [0.25, 0.3) is 0 Å². The van der Waals surface area contributed by atoms with Gasteiger partial charge in [0.15, 0.2) is 0 Å². The Bertz CT molecular complexity index is 1140. The summed E-state index contributed by atoms with van der Waals surface area (Å²) in [6.45, 7) is 5.89. The second-order valence-corrected chi connectivity index (χ2v) is 6.87. The van der Waals surface area contributed by atoms with Crippen LogP contribution in [-0.4, -0.2) is 9.78 Å². The van der Waals surface area contributed by atoms with Crippen LogP contribution in [0.4, 0.5) is 8.78 Å². The Kier molecular flexibility index (Phi) is 4.27. The first kappa shape index (κ1) is 17.4. The smallest absolute Gasteiger partial charge is 0.128 e. The van der Waals surface area contributed by atoms with Gasteiger partial charge >= 0.3 is 0 Å². The van der Waals surface area contributed by atoms with E-state index in [0.29, 0.717) is 28.8 Å². The number of rotatable bonds is 3. The largest absolute Gasteiger partial charge is 0.232 e. The number of hydrogen-bond acceptors (Lipinski definition) is 1. The lowest BCUT2D eigenvalue weighted by molar-refractivity contribution is 0.609. The van der Waals surface area contributed by atoms with Crippen LogP contribution in [0.2, 0.25) is 0 Å². The lowest BCUT2D eigenvalue weighted by Gasteiger charge is -2.10. The predicted molar refractivity (Wildman–Crippen MR) is 105 cm³/mol. The summed E-state index contributed by atoms with van der Waals surface area (Å²) in [6, 6.07) is 15.9.